The Hall–Kier alpha value is -2.73. The molecular weight excluding hydrogens is 331 g/mol. The average Bonchev–Trinajstić information content (AvgIpc) is 2.93. The molecule has 0 aliphatic heterocycles. The van der Waals surface area contributed by atoms with Gasteiger partial charge < -0.3 is 5.32 Å². The highest BCUT2D eigenvalue weighted by atomic mass is 35.5. The highest BCUT2D eigenvalue weighted by Gasteiger charge is 2.17. The first-order valence-electron chi connectivity index (χ1n) is 7.21. The molecule has 0 saturated heterocycles. The lowest BCUT2D eigenvalue weighted by molar-refractivity contribution is 0.102. The van der Waals surface area contributed by atoms with Crippen molar-refractivity contribution in [3.05, 3.63) is 70.3 Å². The Morgan fingerprint density at radius 2 is 1.88 bits per heavy atom. The first-order chi connectivity index (χ1) is 11.5. The molecule has 0 unspecified atom stereocenters. The van der Waals surface area contributed by atoms with Crippen molar-refractivity contribution >= 4 is 23.2 Å². The highest BCUT2D eigenvalue weighted by molar-refractivity contribution is 6.31. The number of benzene rings is 2. The summed E-state index contributed by atoms with van der Waals surface area (Å²) in [6, 6.07) is 11.7. The van der Waals surface area contributed by atoms with Crippen molar-refractivity contribution in [1.82, 2.24) is 15.0 Å². The van der Waals surface area contributed by atoms with Gasteiger partial charge in [-0.15, -0.1) is 5.10 Å². The number of carbonyl (C=O) groups excluding carboxylic acids is 1. The van der Waals surface area contributed by atoms with Crippen LogP contribution in [0, 0.1) is 19.7 Å². The Bertz CT molecular complexity index is 905. The summed E-state index contributed by atoms with van der Waals surface area (Å²) >= 11 is 5.71. The monoisotopic (exact) mass is 344 g/mol. The minimum atomic E-state index is -0.545. The average molecular weight is 345 g/mol. The Balaban J connectivity index is 1.85. The second-order valence-corrected chi connectivity index (χ2v) is 5.76. The molecule has 0 radical (unpaired) electrons. The number of aromatic nitrogens is 3. The second kappa shape index (κ2) is 6.41. The van der Waals surface area contributed by atoms with E-state index in [2.05, 4.69) is 15.6 Å². The van der Waals surface area contributed by atoms with E-state index >= 15 is 0 Å². The van der Waals surface area contributed by atoms with Crippen LogP contribution >= 0.6 is 11.6 Å². The first kappa shape index (κ1) is 16.1. The van der Waals surface area contributed by atoms with Crippen molar-refractivity contribution in [3.8, 4) is 5.69 Å². The van der Waals surface area contributed by atoms with Gasteiger partial charge in [-0.1, -0.05) is 34.5 Å². The van der Waals surface area contributed by atoms with Crippen LogP contribution in [-0.4, -0.2) is 20.9 Å². The van der Waals surface area contributed by atoms with Crippen LogP contribution in [0.25, 0.3) is 5.69 Å². The summed E-state index contributed by atoms with van der Waals surface area (Å²) in [5.74, 6) is -0.982. The predicted octanol–water partition coefficient (Wildman–Crippen LogP) is 3.93. The summed E-state index contributed by atoms with van der Waals surface area (Å²) in [7, 11) is 0. The number of anilines is 1. The Kier molecular flexibility index (Phi) is 4.31. The van der Waals surface area contributed by atoms with E-state index in [0.717, 1.165) is 11.3 Å². The van der Waals surface area contributed by atoms with Crippen LogP contribution in [0.15, 0.2) is 42.5 Å². The summed E-state index contributed by atoms with van der Waals surface area (Å²) in [5.41, 5.74) is 3.12. The van der Waals surface area contributed by atoms with E-state index in [1.165, 1.54) is 18.2 Å². The zero-order valence-electron chi connectivity index (χ0n) is 13.0. The third-order valence-corrected chi connectivity index (χ3v) is 3.86. The van der Waals surface area contributed by atoms with Gasteiger partial charge >= 0.3 is 0 Å². The van der Waals surface area contributed by atoms with Gasteiger partial charge in [-0.05, 0) is 44.2 Å². The van der Waals surface area contributed by atoms with Crippen LogP contribution in [0.1, 0.15) is 21.7 Å². The van der Waals surface area contributed by atoms with Crippen molar-refractivity contribution in [2.24, 2.45) is 0 Å². The van der Waals surface area contributed by atoms with Crippen molar-refractivity contribution in [2.45, 2.75) is 13.8 Å². The van der Waals surface area contributed by atoms with E-state index in [-0.39, 0.29) is 10.7 Å². The van der Waals surface area contributed by atoms with Gasteiger partial charge in [0, 0.05) is 5.69 Å². The summed E-state index contributed by atoms with van der Waals surface area (Å²) in [6.07, 6.45) is 0. The largest absolute Gasteiger partial charge is 0.320 e. The van der Waals surface area contributed by atoms with Crippen LogP contribution in [0.2, 0.25) is 5.02 Å². The van der Waals surface area contributed by atoms with E-state index in [9.17, 15) is 9.18 Å². The second-order valence-electron chi connectivity index (χ2n) is 5.35. The van der Waals surface area contributed by atoms with Gasteiger partial charge in [0.15, 0.2) is 5.69 Å². The fourth-order valence-corrected chi connectivity index (χ4v) is 2.41. The number of amides is 1. The number of hydrogen-bond donors (Lipinski definition) is 1. The molecule has 0 aliphatic carbocycles. The Morgan fingerprint density at radius 1 is 1.17 bits per heavy atom. The van der Waals surface area contributed by atoms with E-state index < -0.39 is 11.7 Å². The molecule has 0 aliphatic rings. The van der Waals surface area contributed by atoms with Crippen LogP contribution in [-0.2, 0) is 0 Å². The molecule has 0 bridgehead atoms. The molecule has 3 rings (SSSR count). The number of halogens is 2. The number of nitrogens with one attached hydrogen (secondary N) is 1. The topological polar surface area (TPSA) is 59.8 Å². The summed E-state index contributed by atoms with van der Waals surface area (Å²) in [6.45, 7) is 3.75. The lowest BCUT2D eigenvalue weighted by atomic mass is 10.2. The number of rotatable bonds is 3. The summed E-state index contributed by atoms with van der Waals surface area (Å²) < 4.78 is 14.8. The van der Waals surface area contributed by atoms with Gasteiger partial charge in [0.25, 0.3) is 5.91 Å². The predicted molar refractivity (Wildman–Crippen MR) is 90.2 cm³/mol. The third-order valence-electron chi connectivity index (χ3n) is 3.57. The molecule has 24 heavy (non-hydrogen) atoms. The molecule has 122 valence electrons. The highest BCUT2D eigenvalue weighted by Crippen LogP contribution is 2.20. The smallest absolute Gasteiger partial charge is 0.278 e. The fraction of sp³-hybridized carbons (Fsp3) is 0.118. The minimum absolute atomic E-state index is 0.0622. The van der Waals surface area contributed by atoms with Gasteiger partial charge in [-0.2, -0.15) is 0 Å². The van der Waals surface area contributed by atoms with Gasteiger partial charge in [0.05, 0.1) is 16.4 Å². The van der Waals surface area contributed by atoms with Gasteiger partial charge in [-0.3, -0.25) is 4.79 Å². The molecule has 0 spiro atoms. The summed E-state index contributed by atoms with van der Waals surface area (Å²) in [5, 5.41) is 10.5. The van der Waals surface area contributed by atoms with E-state index in [0.29, 0.717) is 11.4 Å². The molecule has 0 atom stereocenters. The number of aryl methyl sites for hydroxylation is 1. The van der Waals surface area contributed by atoms with Gasteiger partial charge in [-0.25, -0.2) is 9.07 Å². The molecule has 1 amide bonds. The Morgan fingerprint density at radius 3 is 2.54 bits per heavy atom. The molecule has 3 aromatic rings. The lowest BCUT2D eigenvalue weighted by Gasteiger charge is -2.06. The van der Waals surface area contributed by atoms with Crippen molar-refractivity contribution in [2.75, 3.05) is 5.32 Å². The van der Waals surface area contributed by atoms with Crippen molar-refractivity contribution in [1.29, 1.82) is 0 Å². The molecule has 5 nitrogen and oxygen atoms in total. The number of nitrogens with zero attached hydrogens (tertiary/aromatic N) is 3. The zero-order valence-corrected chi connectivity index (χ0v) is 13.8. The molecule has 2 aromatic carbocycles. The van der Waals surface area contributed by atoms with E-state index in [1.54, 1.807) is 11.6 Å². The van der Waals surface area contributed by atoms with E-state index in [4.69, 9.17) is 11.6 Å². The molecule has 1 aromatic heterocycles. The third kappa shape index (κ3) is 3.14. The fourth-order valence-electron chi connectivity index (χ4n) is 2.23. The first-order valence-corrected chi connectivity index (χ1v) is 7.59. The zero-order chi connectivity index (χ0) is 17.3. The molecular formula is C17H14ClFN4O. The van der Waals surface area contributed by atoms with E-state index in [1.807, 2.05) is 31.2 Å². The van der Waals surface area contributed by atoms with Crippen LogP contribution in [0.5, 0.6) is 0 Å². The maximum Gasteiger partial charge on any atom is 0.278 e. The molecule has 1 N–H and O–H groups in total. The van der Waals surface area contributed by atoms with Crippen molar-refractivity contribution < 1.29 is 9.18 Å². The lowest BCUT2D eigenvalue weighted by Crippen LogP contribution is -2.14. The van der Waals surface area contributed by atoms with Gasteiger partial charge in [0.2, 0.25) is 0 Å². The Labute approximate surface area is 143 Å². The quantitative estimate of drug-likeness (QED) is 0.783. The maximum absolute atomic E-state index is 13.2. The minimum Gasteiger partial charge on any atom is -0.320 e. The van der Waals surface area contributed by atoms with Gasteiger partial charge in [0.1, 0.15) is 5.82 Å². The molecule has 0 fully saturated rings. The van der Waals surface area contributed by atoms with Crippen molar-refractivity contribution in [3.63, 3.8) is 0 Å². The van der Waals surface area contributed by atoms with Crippen LogP contribution < -0.4 is 5.32 Å². The SMILES string of the molecule is Cc1ccc(-n2nnc(C(=O)Nc3ccc(F)c(Cl)c3)c2C)cc1. The maximum atomic E-state index is 13.2. The molecule has 7 heteroatoms. The standard InChI is InChI=1S/C17H14ClFN4O/c1-10-3-6-13(7-4-10)23-11(2)16(21-22-23)17(24)20-12-5-8-15(19)14(18)9-12/h3-9H,1-2H3,(H,20,24). The summed E-state index contributed by atoms with van der Waals surface area (Å²) in [4.78, 5) is 12.4. The normalized spacial score (nSPS) is 10.7. The molecule has 0 saturated carbocycles. The molecule has 1 heterocycles. The van der Waals surface area contributed by atoms with Crippen LogP contribution in [0.4, 0.5) is 10.1 Å². The van der Waals surface area contributed by atoms with Crippen LogP contribution in [0.3, 0.4) is 0 Å². The number of carbonyl (C=O) groups is 1. The number of hydrogen-bond acceptors (Lipinski definition) is 3.